The smallest absolute Gasteiger partial charge is 0.303 e. The van der Waals surface area contributed by atoms with Crippen LogP contribution in [0.5, 0.6) is 0 Å². The topological polar surface area (TPSA) is 77.8 Å². The molecule has 0 saturated carbocycles. The van der Waals surface area contributed by atoms with Crippen LogP contribution in [0.3, 0.4) is 0 Å². The van der Waals surface area contributed by atoms with Crippen molar-refractivity contribution in [2.45, 2.75) is 83.3 Å². The lowest BCUT2D eigenvalue weighted by atomic mass is 9.99. The summed E-state index contributed by atoms with van der Waals surface area (Å²) < 4.78 is 0. The minimum atomic E-state index is -0.754. The number of aryl methyl sites for hydroxylation is 1. The molecule has 2 N–H and O–H groups in total. The van der Waals surface area contributed by atoms with Crippen molar-refractivity contribution >= 4 is 11.9 Å². The Morgan fingerprint density at radius 2 is 1.94 bits per heavy atom. The molecule has 0 aromatic heterocycles. The van der Waals surface area contributed by atoms with Crippen LogP contribution in [0.15, 0.2) is 42.5 Å². The number of hydrogen-bond donors (Lipinski definition) is 2. The quantitative estimate of drug-likeness (QED) is 0.268. The second kappa shape index (κ2) is 14.5. The van der Waals surface area contributed by atoms with E-state index in [-0.39, 0.29) is 24.3 Å². The number of carbonyl (C=O) groups excluding carboxylic acids is 1. The summed E-state index contributed by atoms with van der Waals surface area (Å²) in [5, 5.41) is 19.2. The van der Waals surface area contributed by atoms with E-state index in [2.05, 4.69) is 24.0 Å². The highest BCUT2D eigenvalue weighted by Crippen LogP contribution is 2.22. The molecule has 0 unspecified atom stereocenters. The molecule has 1 aromatic rings. The lowest BCUT2D eigenvalue weighted by Gasteiger charge is -2.23. The summed E-state index contributed by atoms with van der Waals surface area (Å²) in [7, 11) is 0. The molecule has 1 fully saturated rings. The number of aliphatic hydroxyl groups is 1. The van der Waals surface area contributed by atoms with Crippen molar-refractivity contribution in [1.82, 2.24) is 4.90 Å². The minimum Gasteiger partial charge on any atom is -0.481 e. The van der Waals surface area contributed by atoms with Crippen LogP contribution < -0.4 is 0 Å². The van der Waals surface area contributed by atoms with Crippen LogP contribution in [0, 0.1) is 17.8 Å². The zero-order valence-corrected chi connectivity index (χ0v) is 19.2. The van der Waals surface area contributed by atoms with Crippen molar-refractivity contribution in [2.75, 3.05) is 6.54 Å². The van der Waals surface area contributed by atoms with Crippen LogP contribution in [-0.4, -0.2) is 45.7 Å². The highest BCUT2D eigenvalue weighted by molar-refractivity contribution is 5.79. The van der Waals surface area contributed by atoms with Crippen LogP contribution in [0.1, 0.15) is 70.3 Å². The van der Waals surface area contributed by atoms with Crippen LogP contribution in [-0.2, 0) is 16.0 Å². The van der Waals surface area contributed by atoms with E-state index >= 15 is 0 Å². The Bertz CT molecular complexity index is 793. The number of unbranched alkanes of at least 4 members (excludes halogenated alkanes) is 3. The first-order valence-corrected chi connectivity index (χ1v) is 11.8. The van der Waals surface area contributed by atoms with Gasteiger partial charge < -0.3 is 15.1 Å². The number of nitrogens with zero attached hydrogens (tertiary/aromatic N) is 1. The first-order chi connectivity index (χ1) is 15.5. The molecule has 5 nitrogen and oxygen atoms in total. The van der Waals surface area contributed by atoms with Gasteiger partial charge in [0.05, 0.1) is 12.1 Å². The summed E-state index contributed by atoms with van der Waals surface area (Å²) in [4.78, 5) is 24.7. The van der Waals surface area contributed by atoms with E-state index in [9.17, 15) is 14.7 Å². The van der Waals surface area contributed by atoms with E-state index in [0.29, 0.717) is 25.8 Å². The highest BCUT2D eigenvalue weighted by atomic mass is 16.4. The fourth-order valence-electron chi connectivity index (χ4n) is 3.88. The maximum atomic E-state index is 12.2. The monoisotopic (exact) mass is 439 g/mol. The predicted molar refractivity (Wildman–Crippen MR) is 127 cm³/mol. The molecule has 1 saturated heterocycles. The molecule has 0 spiro atoms. The molecular formula is C27H37NO4. The van der Waals surface area contributed by atoms with Crippen molar-refractivity contribution < 1.29 is 19.8 Å². The number of amides is 1. The summed E-state index contributed by atoms with van der Waals surface area (Å²) in [6.07, 6.45) is 10.5. The normalized spacial score (nSPS) is 17.9. The Morgan fingerprint density at radius 1 is 1.19 bits per heavy atom. The number of hydrogen-bond acceptors (Lipinski definition) is 3. The Kier molecular flexibility index (Phi) is 11.6. The van der Waals surface area contributed by atoms with Crippen molar-refractivity contribution in [3.8, 4) is 11.8 Å². The van der Waals surface area contributed by atoms with E-state index in [1.165, 1.54) is 5.56 Å². The number of carboxylic acids is 1. The van der Waals surface area contributed by atoms with E-state index in [4.69, 9.17) is 5.11 Å². The van der Waals surface area contributed by atoms with Crippen molar-refractivity contribution in [1.29, 1.82) is 0 Å². The van der Waals surface area contributed by atoms with Gasteiger partial charge in [-0.25, -0.2) is 0 Å². The Balaban J connectivity index is 1.69. The average Bonchev–Trinajstić information content (AvgIpc) is 3.13. The molecule has 1 heterocycles. The van der Waals surface area contributed by atoms with Crippen molar-refractivity contribution in [3.05, 3.63) is 48.0 Å². The molecule has 1 aliphatic rings. The summed E-state index contributed by atoms with van der Waals surface area (Å²) >= 11 is 0. The van der Waals surface area contributed by atoms with Crippen LogP contribution >= 0.6 is 0 Å². The Morgan fingerprint density at radius 3 is 2.69 bits per heavy atom. The molecule has 174 valence electrons. The molecule has 32 heavy (non-hydrogen) atoms. The summed E-state index contributed by atoms with van der Waals surface area (Å²) in [5.41, 5.74) is 1.29. The van der Waals surface area contributed by atoms with Gasteiger partial charge >= 0.3 is 5.97 Å². The first kappa shape index (κ1) is 25.7. The summed E-state index contributed by atoms with van der Waals surface area (Å²) in [5.74, 6) is 5.84. The number of benzene rings is 1. The van der Waals surface area contributed by atoms with Gasteiger partial charge in [0.15, 0.2) is 0 Å². The number of likely N-dealkylation sites (tertiary alicyclic amines) is 1. The molecule has 2 rings (SSSR count). The maximum absolute atomic E-state index is 12.2. The fraction of sp³-hybridized carbons (Fsp3) is 0.556. The number of carboxylic acid groups (broad SMARTS) is 1. The van der Waals surface area contributed by atoms with E-state index in [1.807, 2.05) is 42.2 Å². The second-order valence-electron chi connectivity index (χ2n) is 8.65. The third kappa shape index (κ3) is 9.70. The van der Waals surface area contributed by atoms with Gasteiger partial charge in [-0.2, -0.15) is 0 Å². The molecule has 5 heteroatoms. The minimum absolute atomic E-state index is 0.0373. The zero-order valence-electron chi connectivity index (χ0n) is 19.2. The number of aliphatic hydroxyl groups excluding tert-OH is 1. The maximum Gasteiger partial charge on any atom is 0.303 e. The standard InChI is InChI=1S/C27H37NO4/c1-22(12-6-4-7-13-23-14-8-5-9-15-23)25(29)19-17-24-18-20-26(30)28(24)21-11-3-2-10-16-27(31)32/h5,8-9,14-15,17,19,22,24-25,29H,2-3,7,10-13,16,18,20-21H2,1H3,(H,31,32)/b19-17+/t22-,24-,25+/m0/s1. The number of aliphatic carboxylic acids is 1. The Hall–Kier alpha value is -2.58. The van der Waals surface area contributed by atoms with Gasteiger partial charge in [0.25, 0.3) is 0 Å². The SMILES string of the molecule is C[C@@H](CC#CCCc1ccccc1)[C@H](O)/C=C/[C@H]1CCC(=O)N1CCCCCCC(=O)O. The van der Waals surface area contributed by atoms with Crippen molar-refractivity contribution in [2.24, 2.45) is 5.92 Å². The van der Waals surface area contributed by atoms with E-state index < -0.39 is 12.1 Å². The fourth-order valence-corrected chi connectivity index (χ4v) is 3.88. The first-order valence-electron chi connectivity index (χ1n) is 11.8. The van der Waals surface area contributed by atoms with Crippen LogP contribution in [0.25, 0.3) is 0 Å². The molecule has 1 aliphatic heterocycles. The molecule has 1 amide bonds. The van der Waals surface area contributed by atoms with Gasteiger partial charge in [0, 0.05) is 32.2 Å². The van der Waals surface area contributed by atoms with E-state index in [1.54, 1.807) is 0 Å². The van der Waals surface area contributed by atoms with Gasteiger partial charge in [0.1, 0.15) is 0 Å². The van der Waals surface area contributed by atoms with Gasteiger partial charge in [-0.05, 0) is 37.2 Å². The van der Waals surface area contributed by atoms with E-state index in [0.717, 1.165) is 38.5 Å². The Labute approximate surface area is 192 Å². The largest absolute Gasteiger partial charge is 0.481 e. The summed E-state index contributed by atoms with van der Waals surface area (Å²) in [6, 6.07) is 10.3. The van der Waals surface area contributed by atoms with Gasteiger partial charge in [-0.1, -0.05) is 62.2 Å². The van der Waals surface area contributed by atoms with Gasteiger partial charge in [-0.15, -0.1) is 11.8 Å². The molecule has 0 radical (unpaired) electrons. The lowest BCUT2D eigenvalue weighted by molar-refractivity contribution is -0.137. The molecular weight excluding hydrogens is 402 g/mol. The zero-order chi connectivity index (χ0) is 23.2. The summed E-state index contributed by atoms with van der Waals surface area (Å²) in [6.45, 7) is 2.69. The van der Waals surface area contributed by atoms with Crippen molar-refractivity contribution in [3.63, 3.8) is 0 Å². The predicted octanol–water partition coefficient (Wildman–Crippen LogP) is 4.59. The van der Waals surface area contributed by atoms with Gasteiger partial charge in [0.2, 0.25) is 5.91 Å². The molecule has 1 aromatic carbocycles. The van der Waals surface area contributed by atoms with Crippen LogP contribution in [0.4, 0.5) is 0 Å². The average molecular weight is 440 g/mol. The third-order valence-electron chi connectivity index (χ3n) is 5.96. The number of rotatable bonds is 13. The molecule has 3 atom stereocenters. The van der Waals surface area contributed by atoms with Gasteiger partial charge in [-0.3, -0.25) is 9.59 Å². The lowest BCUT2D eigenvalue weighted by Crippen LogP contribution is -2.33. The second-order valence-corrected chi connectivity index (χ2v) is 8.65. The molecule has 0 bridgehead atoms. The molecule has 0 aliphatic carbocycles. The van der Waals surface area contributed by atoms with Crippen LogP contribution in [0.2, 0.25) is 0 Å². The number of carbonyl (C=O) groups is 2. The highest BCUT2D eigenvalue weighted by Gasteiger charge is 2.28. The third-order valence-corrected chi connectivity index (χ3v) is 5.96.